The molecule has 0 aliphatic carbocycles. The van der Waals surface area contributed by atoms with E-state index in [0.717, 1.165) is 0 Å². The number of hydrogen-bond acceptors (Lipinski definition) is 3. The van der Waals surface area contributed by atoms with Crippen molar-refractivity contribution < 1.29 is 14.0 Å². The molecule has 2 N–H and O–H groups in total. The van der Waals surface area contributed by atoms with Gasteiger partial charge in [0.1, 0.15) is 11.9 Å². The van der Waals surface area contributed by atoms with E-state index in [-0.39, 0.29) is 12.3 Å². The third-order valence-electron chi connectivity index (χ3n) is 2.50. The molecule has 1 aliphatic rings. The number of amides is 2. The van der Waals surface area contributed by atoms with Crippen molar-refractivity contribution in [3.8, 4) is 0 Å². The highest BCUT2D eigenvalue weighted by molar-refractivity contribution is 6.33. The Hall–Kier alpha value is -1.62. The first-order valence-corrected chi connectivity index (χ1v) is 5.49. The second kappa shape index (κ2) is 4.71. The van der Waals surface area contributed by atoms with Crippen LogP contribution in [0.25, 0.3) is 0 Å². The van der Waals surface area contributed by atoms with E-state index < -0.39 is 17.8 Å². The molecule has 1 aliphatic heterocycles. The Labute approximate surface area is 102 Å². The van der Waals surface area contributed by atoms with Gasteiger partial charge in [-0.1, -0.05) is 11.6 Å². The largest absolute Gasteiger partial charge is 0.372 e. The van der Waals surface area contributed by atoms with E-state index in [2.05, 4.69) is 10.6 Å². The molecule has 0 aromatic heterocycles. The Morgan fingerprint density at radius 2 is 2.18 bits per heavy atom. The van der Waals surface area contributed by atoms with Crippen LogP contribution in [0, 0.1) is 5.82 Å². The van der Waals surface area contributed by atoms with Gasteiger partial charge in [0.2, 0.25) is 11.8 Å². The highest BCUT2D eigenvalue weighted by atomic mass is 35.5. The molecule has 1 fully saturated rings. The minimum atomic E-state index is -0.563. The number of imide groups is 1. The molecule has 0 radical (unpaired) electrons. The maximum absolute atomic E-state index is 13.0. The number of piperidine rings is 1. The number of nitrogens with one attached hydrogen (secondary N) is 2. The first kappa shape index (κ1) is 11.9. The molecule has 17 heavy (non-hydrogen) atoms. The standard InChI is InChI=1S/C11H10ClFN2O2/c12-7-2-1-6(13)5-9(7)14-8-3-4-10(16)15-11(8)17/h1-2,5,8,14H,3-4H2,(H,15,16,17). The van der Waals surface area contributed by atoms with Gasteiger partial charge >= 0.3 is 0 Å². The first-order valence-electron chi connectivity index (χ1n) is 5.11. The quantitative estimate of drug-likeness (QED) is 0.792. The van der Waals surface area contributed by atoms with Crippen LogP contribution in [0.3, 0.4) is 0 Å². The normalized spacial score (nSPS) is 20.0. The first-order chi connectivity index (χ1) is 8.06. The molecule has 90 valence electrons. The van der Waals surface area contributed by atoms with Gasteiger partial charge in [-0.3, -0.25) is 14.9 Å². The van der Waals surface area contributed by atoms with Gasteiger partial charge in [-0.05, 0) is 24.6 Å². The van der Waals surface area contributed by atoms with Gasteiger partial charge in [0.25, 0.3) is 0 Å². The number of carbonyl (C=O) groups excluding carboxylic acids is 2. The van der Waals surface area contributed by atoms with Crippen LogP contribution in [0.1, 0.15) is 12.8 Å². The topological polar surface area (TPSA) is 58.2 Å². The average molecular weight is 257 g/mol. The zero-order chi connectivity index (χ0) is 12.4. The van der Waals surface area contributed by atoms with E-state index in [4.69, 9.17) is 11.6 Å². The van der Waals surface area contributed by atoms with Crippen molar-refractivity contribution in [1.82, 2.24) is 5.32 Å². The Morgan fingerprint density at radius 3 is 2.88 bits per heavy atom. The van der Waals surface area contributed by atoms with Crippen LogP contribution in [0.2, 0.25) is 5.02 Å². The van der Waals surface area contributed by atoms with Gasteiger partial charge in [0.05, 0.1) is 10.7 Å². The zero-order valence-corrected chi connectivity index (χ0v) is 9.55. The fourth-order valence-electron chi connectivity index (χ4n) is 1.63. The molecule has 1 atom stereocenters. The van der Waals surface area contributed by atoms with Crippen LogP contribution in [0.4, 0.5) is 10.1 Å². The van der Waals surface area contributed by atoms with Gasteiger partial charge < -0.3 is 5.32 Å². The van der Waals surface area contributed by atoms with E-state index in [9.17, 15) is 14.0 Å². The molecule has 1 unspecified atom stereocenters. The van der Waals surface area contributed by atoms with Crippen LogP contribution in [-0.4, -0.2) is 17.9 Å². The summed E-state index contributed by atoms with van der Waals surface area (Å²) in [7, 11) is 0. The molecule has 1 heterocycles. The van der Waals surface area contributed by atoms with Gasteiger partial charge in [-0.2, -0.15) is 0 Å². The van der Waals surface area contributed by atoms with Crippen LogP contribution in [0.15, 0.2) is 18.2 Å². The molecule has 1 aromatic carbocycles. The smallest absolute Gasteiger partial charge is 0.249 e. The van der Waals surface area contributed by atoms with Crippen molar-refractivity contribution in [1.29, 1.82) is 0 Å². The molecule has 0 spiro atoms. The Balaban J connectivity index is 2.13. The van der Waals surface area contributed by atoms with Crippen molar-refractivity contribution in [3.63, 3.8) is 0 Å². The lowest BCUT2D eigenvalue weighted by Crippen LogP contribution is -2.47. The van der Waals surface area contributed by atoms with Gasteiger partial charge in [0.15, 0.2) is 0 Å². The summed E-state index contributed by atoms with van der Waals surface area (Å²) in [6.07, 6.45) is 0.633. The summed E-state index contributed by atoms with van der Waals surface area (Å²) in [5.41, 5.74) is 0.348. The molecule has 2 rings (SSSR count). The van der Waals surface area contributed by atoms with Crippen LogP contribution < -0.4 is 10.6 Å². The van der Waals surface area contributed by atoms with Gasteiger partial charge in [-0.25, -0.2) is 4.39 Å². The molecule has 4 nitrogen and oxygen atoms in total. The summed E-state index contributed by atoms with van der Waals surface area (Å²) < 4.78 is 13.0. The molecular weight excluding hydrogens is 247 g/mol. The molecule has 0 saturated carbocycles. The summed E-state index contributed by atoms with van der Waals surface area (Å²) in [4.78, 5) is 22.4. The van der Waals surface area contributed by atoms with E-state index >= 15 is 0 Å². The highest BCUT2D eigenvalue weighted by Gasteiger charge is 2.26. The lowest BCUT2D eigenvalue weighted by Gasteiger charge is -2.23. The fourth-order valence-corrected chi connectivity index (χ4v) is 1.80. The van der Waals surface area contributed by atoms with Crippen molar-refractivity contribution >= 4 is 29.1 Å². The molecule has 6 heteroatoms. The maximum Gasteiger partial charge on any atom is 0.249 e. The van der Waals surface area contributed by atoms with Crippen molar-refractivity contribution in [2.24, 2.45) is 0 Å². The maximum atomic E-state index is 13.0. The zero-order valence-electron chi connectivity index (χ0n) is 8.80. The van der Waals surface area contributed by atoms with Crippen molar-refractivity contribution in [2.75, 3.05) is 5.32 Å². The monoisotopic (exact) mass is 256 g/mol. The third kappa shape index (κ3) is 2.74. The Kier molecular flexibility index (Phi) is 3.28. The molecule has 1 aromatic rings. The SMILES string of the molecule is O=C1CCC(Nc2cc(F)ccc2Cl)C(=O)N1. The van der Waals surface area contributed by atoms with Gasteiger partial charge in [-0.15, -0.1) is 0 Å². The predicted octanol–water partition coefficient (Wildman–Crippen LogP) is 1.70. The van der Waals surface area contributed by atoms with E-state index in [1.54, 1.807) is 0 Å². The van der Waals surface area contributed by atoms with Crippen molar-refractivity contribution in [2.45, 2.75) is 18.9 Å². The lowest BCUT2D eigenvalue weighted by molar-refractivity contribution is -0.133. The van der Waals surface area contributed by atoms with E-state index in [0.29, 0.717) is 17.1 Å². The summed E-state index contributed by atoms with van der Waals surface area (Å²) >= 11 is 5.86. The summed E-state index contributed by atoms with van der Waals surface area (Å²) in [5.74, 6) is -1.15. The Morgan fingerprint density at radius 1 is 1.41 bits per heavy atom. The van der Waals surface area contributed by atoms with Crippen LogP contribution in [-0.2, 0) is 9.59 Å². The molecule has 1 saturated heterocycles. The van der Waals surface area contributed by atoms with Crippen LogP contribution >= 0.6 is 11.6 Å². The average Bonchev–Trinajstić information content (AvgIpc) is 2.27. The lowest BCUT2D eigenvalue weighted by atomic mass is 10.1. The Bertz CT molecular complexity index is 479. The summed E-state index contributed by atoms with van der Waals surface area (Å²) in [6, 6.07) is 3.29. The van der Waals surface area contributed by atoms with Crippen molar-refractivity contribution in [3.05, 3.63) is 29.0 Å². The minimum Gasteiger partial charge on any atom is -0.372 e. The number of carbonyl (C=O) groups is 2. The number of hydrogen-bond donors (Lipinski definition) is 2. The number of anilines is 1. The number of benzene rings is 1. The second-order valence-corrected chi connectivity index (χ2v) is 4.18. The van der Waals surface area contributed by atoms with E-state index in [1.807, 2.05) is 0 Å². The molecule has 2 amide bonds. The second-order valence-electron chi connectivity index (χ2n) is 3.77. The summed E-state index contributed by atoms with van der Waals surface area (Å²) in [5, 5.41) is 5.36. The predicted molar refractivity (Wildman–Crippen MR) is 61.2 cm³/mol. The number of halogens is 2. The minimum absolute atomic E-state index is 0.260. The third-order valence-corrected chi connectivity index (χ3v) is 2.83. The van der Waals surface area contributed by atoms with E-state index in [1.165, 1.54) is 18.2 Å². The fraction of sp³-hybridized carbons (Fsp3) is 0.273. The molecular formula is C11H10ClFN2O2. The molecule has 0 bridgehead atoms. The highest BCUT2D eigenvalue weighted by Crippen LogP contribution is 2.24. The summed E-state index contributed by atoms with van der Waals surface area (Å²) in [6.45, 7) is 0. The van der Waals surface area contributed by atoms with Crippen LogP contribution in [0.5, 0.6) is 0 Å². The number of rotatable bonds is 2. The van der Waals surface area contributed by atoms with Gasteiger partial charge in [0, 0.05) is 6.42 Å².